The number of aliphatic hydroxyl groups is 4. The van der Waals surface area contributed by atoms with Gasteiger partial charge >= 0.3 is 0 Å². The number of rotatable bonds is 2. The normalized spacial score (nSPS) is 33.1. The second kappa shape index (κ2) is 7.32. The monoisotopic (exact) mass is 480 g/mol. The maximum Gasteiger partial charge on any atom is 0.255 e. The van der Waals surface area contributed by atoms with E-state index < -0.39 is 98.6 Å². The van der Waals surface area contributed by atoms with Gasteiger partial charge in [0.05, 0.1) is 23.6 Å². The van der Waals surface area contributed by atoms with E-state index in [1.54, 1.807) is 0 Å². The predicted molar refractivity (Wildman–Crippen MR) is 110 cm³/mol. The highest BCUT2D eigenvalue weighted by molar-refractivity contribution is 6.24. The number of primary amides is 1. The van der Waals surface area contributed by atoms with Gasteiger partial charge in [0, 0.05) is 23.1 Å². The van der Waals surface area contributed by atoms with Crippen molar-refractivity contribution in [3.63, 3.8) is 0 Å². The Morgan fingerprint density at radius 2 is 1.74 bits per heavy atom. The molecule has 0 heterocycles. The van der Waals surface area contributed by atoms with Gasteiger partial charge in [-0.1, -0.05) is 6.92 Å². The molecule has 0 aliphatic heterocycles. The molecule has 0 saturated heterocycles. The molecule has 10 nitrogen and oxygen atoms in total. The molecular formula is C22H22F2N2O8. The molecule has 1 saturated carbocycles. The van der Waals surface area contributed by atoms with E-state index in [0.29, 0.717) is 6.07 Å². The average Bonchev–Trinajstić information content (AvgIpc) is 2.73. The van der Waals surface area contributed by atoms with Crippen molar-refractivity contribution in [2.75, 3.05) is 14.1 Å². The zero-order valence-electron chi connectivity index (χ0n) is 18.2. The van der Waals surface area contributed by atoms with Gasteiger partial charge in [-0.2, -0.15) is 0 Å². The summed E-state index contributed by atoms with van der Waals surface area (Å²) < 4.78 is 28.8. The Hall–Kier alpha value is -3.35. The van der Waals surface area contributed by atoms with E-state index in [0.717, 1.165) is 0 Å². The van der Waals surface area contributed by atoms with E-state index in [1.807, 2.05) is 0 Å². The van der Waals surface area contributed by atoms with Crippen LogP contribution in [0, 0.1) is 23.5 Å². The molecule has 6 atom stereocenters. The van der Waals surface area contributed by atoms with Crippen molar-refractivity contribution in [2.24, 2.45) is 17.6 Å². The SMILES string of the molecule is CC1c2c(F)cc(F)c(O)c2C(O)=C2C(=O)C3(O)C(O)=C(C(N)=O)C(=O)C(N(C)C)C3C(O)C21. The molecule has 7 N–H and O–H groups in total. The van der Waals surface area contributed by atoms with E-state index in [-0.39, 0.29) is 5.56 Å². The van der Waals surface area contributed by atoms with Crippen LogP contribution in [0.25, 0.3) is 5.76 Å². The summed E-state index contributed by atoms with van der Waals surface area (Å²) in [6.07, 6.45) is -1.86. The maximum absolute atomic E-state index is 14.7. The molecule has 1 fully saturated rings. The number of phenols is 1. The number of nitrogens with two attached hydrogens (primary N) is 1. The molecular weight excluding hydrogens is 458 g/mol. The molecule has 182 valence electrons. The number of Topliss-reactive ketones (excluding diaryl/α,β-unsaturated/α-hetero) is 2. The first-order valence-electron chi connectivity index (χ1n) is 10.2. The third-order valence-electron chi connectivity index (χ3n) is 7.13. The van der Waals surface area contributed by atoms with Gasteiger partial charge in [0.1, 0.15) is 22.9 Å². The number of nitrogens with zero attached hydrogens (tertiary/aromatic N) is 1. The Labute approximate surface area is 191 Å². The fourth-order valence-electron chi connectivity index (χ4n) is 5.68. The first-order chi connectivity index (χ1) is 15.7. The zero-order chi connectivity index (χ0) is 25.6. The third-order valence-corrected chi connectivity index (χ3v) is 7.13. The van der Waals surface area contributed by atoms with Crippen molar-refractivity contribution in [1.29, 1.82) is 0 Å². The number of aromatic hydroxyl groups is 1. The lowest BCUT2D eigenvalue weighted by molar-refractivity contribution is -0.169. The Morgan fingerprint density at radius 1 is 1.15 bits per heavy atom. The molecule has 3 aliphatic carbocycles. The van der Waals surface area contributed by atoms with Crippen LogP contribution in [0.3, 0.4) is 0 Å². The molecule has 1 amide bonds. The smallest absolute Gasteiger partial charge is 0.255 e. The van der Waals surface area contributed by atoms with Gasteiger partial charge in [-0.15, -0.1) is 0 Å². The fourth-order valence-corrected chi connectivity index (χ4v) is 5.68. The van der Waals surface area contributed by atoms with Crippen LogP contribution in [0.4, 0.5) is 8.78 Å². The van der Waals surface area contributed by atoms with Gasteiger partial charge in [-0.05, 0) is 20.0 Å². The summed E-state index contributed by atoms with van der Waals surface area (Å²) >= 11 is 0. The number of aliphatic hydroxyl groups excluding tert-OH is 3. The van der Waals surface area contributed by atoms with Gasteiger partial charge in [0.25, 0.3) is 5.91 Å². The minimum absolute atomic E-state index is 0.386. The number of likely N-dealkylation sites (N-methyl/N-ethyl adjacent to an activating group) is 1. The van der Waals surface area contributed by atoms with Gasteiger partial charge < -0.3 is 31.3 Å². The predicted octanol–water partition coefficient (Wildman–Crippen LogP) is -0.226. The number of hydrogen-bond donors (Lipinski definition) is 6. The van der Waals surface area contributed by atoms with Gasteiger partial charge in [-0.3, -0.25) is 19.3 Å². The van der Waals surface area contributed by atoms with Crippen molar-refractivity contribution in [3.8, 4) is 5.75 Å². The summed E-state index contributed by atoms with van der Waals surface area (Å²) in [6.45, 7) is 1.34. The standard InChI is InChI=1S/C22H22F2N2O8/c1-5-8-6(23)4-7(24)15(27)10(8)16(28)11-9(5)17(29)13-14(26(2)3)18(30)12(21(25)33)20(32)22(13,34)19(11)31/h4-5,9,13-14,17,27-29,32,34H,1-3H3,(H2,25,33). The molecule has 0 radical (unpaired) electrons. The Kier molecular flexibility index (Phi) is 5.13. The van der Waals surface area contributed by atoms with Crippen LogP contribution in [0.2, 0.25) is 0 Å². The molecule has 0 aromatic heterocycles. The molecule has 0 bridgehead atoms. The van der Waals surface area contributed by atoms with Crippen molar-refractivity contribution in [1.82, 2.24) is 4.90 Å². The number of ketones is 2. The molecule has 1 aromatic rings. The summed E-state index contributed by atoms with van der Waals surface area (Å²) in [5.41, 5.74) is -0.793. The second-order valence-corrected chi connectivity index (χ2v) is 9.03. The average molecular weight is 480 g/mol. The Morgan fingerprint density at radius 3 is 2.26 bits per heavy atom. The summed E-state index contributed by atoms with van der Waals surface area (Å²) in [6, 6.07) is -1.14. The molecule has 4 rings (SSSR count). The number of amides is 1. The summed E-state index contributed by atoms with van der Waals surface area (Å²) in [7, 11) is 2.73. The van der Waals surface area contributed by atoms with Crippen LogP contribution in [0.1, 0.15) is 24.0 Å². The van der Waals surface area contributed by atoms with Gasteiger partial charge in [0.2, 0.25) is 5.78 Å². The molecule has 0 spiro atoms. The van der Waals surface area contributed by atoms with E-state index >= 15 is 0 Å². The highest BCUT2D eigenvalue weighted by Crippen LogP contribution is 2.56. The third kappa shape index (κ3) is 2.67. The van der Waals surface area contributed by atoms with Crippen molar-refractivity contribution < 1.29 is 48.7 Å². The van der Waals surface area contributed by atoms with Crippen molar-refractivity contribution >= 4 is 23.2 Å². The number of benzene rings is 1. The molecule has 3 aliphatic rings. The number of phenolic OH excluding ortho intramolecular Hbond substituents is 1. The molecule has 1 aromatic carbocycles. The van der Waals surface area contributed by atoms with Crippen LogP contribution >= 0.6 is 0 Å². The first-order valence-corrected chi connectivity index (χ1v) is 10.2. The number of carbonyl (C=O) groups excluding carboxylic acids is 3. The number of carbonyl (C=O) groups is 3. The quantitative estimate of drug-likeness (QED) is 0.312. The molecule has 34 heavy (non-hydrogen) atoms. The van der Waals surface area contributed by atoms with E-state index in [4.69, 9.17) is 5.73 Å². The Bertz CT molecular complexity index is 1240. The first kappa shape index (κ1) is 23.8. The van der Waals surface area contributed by atoms with Crippen LogP contribution < -0.4 is 5.73 Å². The molecule has 6 unspecified atom stereocenters. The number of fused-ring (bicyclic) bond motifs is 3. The summed E-state index contributed by atoms with van der Waals surface area (Å²) in [5.74, 6) is -14.5. The lowest BCUT2D eigenvalue weighted by Crippen LogP contribution is -2.70. The second-order valence-electron chi connectivity index (χ2n) is 9.03. The van der Waals surface area contributed by atoms with Crippen LogP contribution in [0.5, 0.6) is 5.75 Å². The summed E-state index contributed by atoms with van der Waals surface area (Å²) in [5, 5.41) is 54.6. The largest absolute Gasteiger partial charge is 0.508 e. The van der Waals surface area contributed by atoms with Crippen molar-refractivity contribution in [3.05, 3.63) is 45.7 Å². The zero-order valence-corrected chi connectivity index (χ0v) is 18.2. The molecule has 12 heteroatoms. The fraction of sp³-hybridized carbons (Fsp3) is 0.409. The lowest BCUT2D eigenvalue weighted by Gasteiger charge is -2.53. The van der Waals surface area contributed by atoms with Crippen LogP contribution in [-0.2, 0) is 14.4 Å². The summed E-state index contributed by atoms with van der Waals surface area (Å²) in [4.78, 5) is 39.8. The van der Waals surface area contributed by atoms with Gasteiger partial charge in [-0.25, -0.2) is 8.78 Å². The maximum atomic E-state index is 14.7. The number of hydrogen-bond acceptors (Lipinski definition) is 9. The van der Waals surface area contributed by atoms with Crippen molar-refractivity contribution in [2.45, 2.75) is 30.6 Å². The minimum atomic E-state index is -3.09. The van der Waals surface area contributed by atoms with E-state index in [1.165, 1.54) is 25.9 Å². The van der Waals surface area contributed by atoms with Crippen LogP contribution in [0.15, 0.2) is 23.0 Å². The lowest BCUT2D eigenvalue weighted by atomic mass is 9.54. The Balaban J connectivity index is 2.10. The van der Waals surface area contributed by atoms with Gasteiger partial charge in [0.15, 0.2) is 23.0 Å². The topological polar surface area (TPSA) is 182 Å². The minimum Gasteiger partial charge on any atom is -0.508 e. The van der Waals surface area contributed by atoms with E-state index in [2.05, 4.69) is 0 Å². The van der Waals surface area contributed by atoms with Crippen LogP contribution in [-0.4, -0.2) is 79.7 Å². The number of halogens is 2. The van der Waals surface area contributed by atoms with E-state index in [9.17, 15) is 48.7 Å². The highest BCUT2D eigenvalue weighted by Gasteiger charge is 2.68. The highest BCUT2D eigenvalue weighted by atomic mass is 19.1.